The molecule has 1 aromatic heterocycles. The van der Waals surface area contributed by atoms with E-state index in [0.29, 0.717) is 52.5 Å². The fourth-order valence-electron chi connectivity index (χ4n) is 3.15. The molecule has 3 rings (SSSR count). The Morgan fingerprint density at radius 2 is 1.83 bits per heavy atom. The highest BCUT2D eigenvalue weighted by Crippen LogP contribution is 2.21. The van der Waals surface area contributed by atoms with Gasteiger partial charge in [0, 0.05) is 51.2 Å². The largest absolute Gasteiger partial charge is 0.378 e. The molecule has 30 heavy (non-hydrogen) atoms. The summed E-state index contributed by atoms with van der Waals surface area (Å²) in [6.07, 6.45) is 0.904. The van der Waals surface area contributed by atoms with E-state index in [0.717, 1.165) is 24.6 Å². The Kier molecular flexibility index (Phi) is 8.22. The van der Waals surface area contributed by atoms with Gasteiger partial charge in [0.05, 0.1) is 19.8 Å². The van der Waals surface area contributed by atoms with Crippen LogP contribution >= 0.6 is 11.3 Å². The number of rotatable bonds is 6. The van der Waals surface area contributed by atoms with E-state index < -0.39 is 5.91 Å². The second-order valence-corrected chi connectivity index (χ2v) is 7.95. The monoisotopic (exact) mass is 439 g/mol. The maximum Gasteiger partial charge on any atom is 0.336 e. The number of hydrogen-bond donors (Lipinski definition) is 3. The highest BCUT2D eigenvalue weighted by molar-refractivity contribution is 7.13. The fraction of sp³-hybridized carbons (Fsp3) is 0.667. The molecule has 166 valence electrons. The molecule has 0 saturated carbocycles. The van der Waals surface area contributed by atoms with Gasteiger partial charge in [0.25, 0.3) is 5.91 Å². The summed E-state index contributed by atoms with van der Waals surface area (Å²) in [4.78, 5) is 46.5. The second-order valence-electron chi connectivity index (χ2n) is 7.11. The van der Waals surface area contributed by atoms with Crippen LogP contribution in [0.2, 0.25) is 0 Å². The van der Waals surface area contributed by atoms with Gasteiger partial charge in [-0.25, -0.2) is 15.2 Å². The van der Waals surface area contributed by atoms with E-state index in [1.807, 2.05) is 11.8 Å². The first-order chi connectivity index (χ1) is 14.6. The molecular formula is C18H29N7O4S. The van der Waals surface area contributed by atoms with Crippen molar-refractivity contribution in [3.8, 4) is 0 Å². The molecule has 0 radical (unpaired) electrons. The Bertz CT molecular complexity index is 730. The summed E-state index contributed by atoms with van der Waals surface area (Å²) < 4.78 is 5.32. The molecule has 2 fully saturated rings. The molecule has 2 aliphatic rings. The van der Waals surface area contributed by atoms with Crippen molar-refractivity contribution < 1.29 is 19.1 Å². The minimum atomic E-state index is -0.453. The zero-order chi connectivity index (χ0) is 21.3. The SMILES string of the molecule is CCCNC(=O)CN1CCN(C(=O)NNC(=O)c2csc(N3CCOCC3)n2)CC1. The van der Waals surface area contributed by atoms with Crippen molar-refractivity contribution >= 4 is 34.3 Å². The van der Waals surface area contributed by atoms with Crippen molar-refractivity contribution in [2.45, 2.75) is 13.3 Å². The van der Waals surface area contributed by atoms with Gasteiger partial charge in [0.1, 0.15) is 5.69 Å². The van der Waals surface area contributed by atoms with Crippen molar-refractivity contribution in [3.63, 3.8) is 0 Å². The number of aromatic nitrogens is 1. The summed E-state index contributed by atoms with van der Waals surface area (Å²) >= 11 is 1.39. The fourth-order valence-corrected chi connectivity index (χ4v) is 4.01. The zero-order valence-corrected chi connectivity index (χ0v) is 18.0. The first kappa shape index (κ1) is 22.2. The molecule has 4 amide bonds. The third-order valence-electron chi connectivity index (χ3n) is 4.89. The van der Waals surface area contributed by atoms with E-state index >= 15 is 0 Å². The molecule has 0 bridgehead atoms. The lowest BCUT2D eigenvalue weighted by Crippen LogP contribution is -2.56. The van der Waals surface area contributed by atoms with Crippen molar-refractivity contribution in [3.05, 3.63) is 11.1 Å². The van der Waals surface area contributed by atoms with Gasteiger partial charge in [-0.3, -0.25) is 19.9 Å². The van der Waals surface area contributed by atoms with Gasteiger partial charge < -0.3 is 19.9 Å². The Labute approximate surface area is 179 Å². The quantitative estimate of drug-likeness (QED) is 0.510. The number of carbonyl (C=O) groups is 3. The molecular weight excluding hydrogens is 410 g/mol. The highest BCUT2D eigenvalue weighted by Gasteiger charge is 2.23. The third kappa shape index (κ3) is 6.28. The Balaban J connectivity index is 1.38. The maximum atomic E-state index is 12.3. The van der Waals surface area contributed by atoms with E-state index in [4.69, 9.17) is 4.74 Å². The summed E-state index contributed by atoms with van der Waals surface area (Å²) in [7, 11) is 0. The van der Waals surface area contributed by atoms with E-state index in [-0.39, 0.29) is 17.6 Å². The number of nitrogens with one attached hydrogen (secondary N) is 3. The number of amides is 4. The summed E-state index contributed by atoms with van der Waals surface area (Å²) in [5, 5.41) is 5.30. The first-order valence-electron chi connectivity index (χ1n) is 10.2. The maximum absolute atomic E-state index is 12.3. The van der Waals surface area contributed by atoms with Gasteiger partial charge >= 0.3 is 6.03 Å². The van der Waals surface area contributed by atoms with Crippen LogP contribution < -0.4 is 21.1 Å². The van der Waals surface area contributed by atoms with Crippen LogP contribution in [0.3, 0.4) is 0 Å². The second kappa shape index (κ2) is 11.1. The summed E-state index contributed by atoms with van der Waals surface area (Å²) in [5.41, 5.74) is 5.13. The van der Waals surface area contributed by atoms with Gasteiger partial charge in [-0.15, -0.1) is 11.3 Å². The van der Waals surface area contributed by atoms with Gasteiger partial charge in [0.15, 0.2) is 5.13 Å². The van der Waals surface area contributed by atoms with Gasteiger partial charge in [0.2, 0.25) is 5.91 Å². The van der Waals surface area contributed by atoms with E-state index in [1.165, 1.54) is 11.3 Å². The molecule has 3 heterocycles. The molecule has 2 aliphatic heterocycles. The average Bonchev–Trinajstić information content (AvgIpc) is 3.27. The lowest BCUT2D eigenvalue weighted by molar-refractivity contribution is -0.122. The third-order valence-corrected chi connectivity index (χ3v) is 5.79. The minimum Gasteiger partial charge on any atom is -0.378 e. The van der Waals surface area contributed by atoms with Crippen LogP contribution in [-0.2, 0) is 9.53 Å². The average molecular weight is 440 g/mol. The predicted molar refractivity (Wildman–Crippen MR) is 112 cm³/mol. The van der Waals surface area contributed by atoms with Crippen molar-refractivity contribution in [2.75, 3.05) is 70.5 Å². The normalized spacial score (nSPS) is 17.5. The Morgan fingerprint density at radius 3 is 2.53 bits per heavy atom. The van der Waals surface area contributed by atoms with Crippen LogP contribution in [0.25, 0.3) is 0 Å². The van der Waals surface area contributed by atoms with Crippen LogP contribution in [0, 0.1) is 0 Å². The van der Waals surface area contributed by atoms with E-state index in [9.17, 15) is 14.4 Å². The molecule has 0 unspecified atom stereocenters. The lowest BCUT2D eigenvalue weighted by Gasteiger charge is -2.34. The molecule has 0 spiro atoms. The lowest BCUT2D eigenvalue weighted by atomic mass is 10.3. The first-order valence-corrected chi connectivity index (χ1v) is 11.1. The Morgan fingerprint density at radius 1 is 1.10 bits per heavy atom. The molecule has 12 heteroatoms. The number of ether oxygens (including phenoxy) is 1. The van der Waals surface area contributed by atoms with Crippen LogP contribution in [0.15, 0.2) is 5.38 Å². The smallest absolute Gasteiger partial charge is 0.336 e. The minimum absolute atomic E-state index is 0.00160. The van der Waals surface area contributed by atoms with E-state index in [2.05, 4.69) is 26.1 Å². The van der Waals surface area contributed by atoms with E-state index in [1.54, 1.807) is 10.3 Å². The molecule has 0 aliphatic carbocycles. The highest BCUT2D eigenvalue weighted by atomic mass is 32.1. The van der Waals surface area contributed by atoms with Crippen molar-refractivity contribution in [1.29, 1.82) is 0 Å². The molecule has 0 aromatic carbocycles. The van der Waals surface area contributed by atoms with Crippen LogP contribution in [-0.4, -0.2) is 98.2 Å². The van der Waals surface area contributed by atoms with Crippen molar-refractivity contribution in [2.24, 2.45) is 0 Å². The number of thiazole rings is 1. The van der Waals surface area contributed by atoms with Crippen LogP contribution in [0.5, 0.6) is 0 Å². The van der Waals surface area contributed by atoms with Crippen LogP contribution in [0.1, 0.15) is 23.8 Å². The van der Waals surface area contributed by atoms with Gasteiger partial charge in [-0.2, -0.15) is 0 Å². The standard InChI is InChI=1S/C18H29N7O4S/c1-2-3-19-15(26)12-23-4-6-24(7-5-23)17(28)22-21-16(27)14-13-30-18(20-14)25-8-10-29-11-9-25/h13H,2-12H2,1H3,(H,19,26)(H,21,27)(H,22,28). The number of carbonyl (C=O) groups excluding carboxylic acids is 3. The molecule has 1 aromatic rings. The van der Waals surface area contributed by atoms with Crippen molar-refractivity contribution in [1.82, 2.24) is 31.0 Å². The molecule has 0 atom stereocenters. The topological polar surface area (TPSA) is 119 Å². The summed E-state index contributed by atoms with van der Waals surface area (Å²) in [5.74, 6) is -0.452. The summed E-state index contributed by atoms with van der Waals surface area (Å²) in [6, 6.07) is -0.373. The zero-order valence-electron chi connectivity index (χ0n) is 17.2. The van der Waals surface area contributed by atoms with Gasteiger partial charge in [-0.1, -0.05) is 6.92 Å². The van der Waals surface area contributed by atoms with Crippen LogP contribution in [0.4, 0.5) is 9.93 Å². The number of hydrogen-bond acceptors (Lipinski definition) is 8. The van der Waals surface area contributed by atoms with Gasteiger partial charge in [-0.05, 0) is 6.42 Å². The number of hydrazine groups is 1. The Hall–Kier alpha value is -2.44. The number of morpholine rings is 1. The molecule has 11 nitrogen and oxygen atoms in total. The number of urea groups is 1. The summed E-state index contributed by atoms with van der Waals surface area (Å²) in [6.45, 7) is 7.99. The number of piperazine rings is 1. The number of anilines is 1. The molecule has 2 saturated heterocycles. The number of nitrogens with zero attached hydrogens (tertiary/aromatic N) is 4. The predicted octanol–water partition coefficient (Wildman–Crippen LogP) is -0.522. The molecule has 3 N–H and O–H groups in total.